The van der Waals surface area contributed by atoms with Gasteiger partial charge in [0.15, 0.2) is 0 Å². The van der Waals surface area contributed by atoms with Crippen molar-refractivity contribution in [1.29, 1.82) is 0 Å². The maximum absolute atomic E-state index is 11.7. The average Bonchev–Trinajstić information content (AvgIpc) is 3.53. The Morgan fingerprint density at radius 2 is 1.19 bits per heavy atom. The number of ether oxygens (including phenoxy) is 4. The predicted molar refractivity (Wildman–Crippen MR) is 107 cm³/mol. The van der Waals surface area contributed by atoms with Crippen LogP contribution in [-0.4, -0.2) is 60.8 Å². The van der Waals surface area contributed by atoms with Crippen LogP contribution in [0.15, 0.2) is 69.9 Å². The fourth-order valence-electron chi connectivity index (χ4n) is 2.41. The molecule has 3 aromatic rings. The number of hydrogen-bond acceptors (Lipinski definition) is 10. The monoisotopic (exact) mass is 446 g/mol. The molecule has 2 heterocycles. The van der Waals surface area contributed by atoms with Gasteiger partial charge >= 0.3 is 11.9 Å². The Hall–Kier alpha value is -3.76. The second-order valence-electron chi connectivity index (χ2n) is 6.56. The minimum Gasteiger partial charge on any atom is -0.491 e. The second kappa shape index (κ2) is 11.6. The van der Waals surface area contributed by atoms with Gasteiger partial charge < -0.3 is 38.0 Å². The smallest absolute Gasteiger partial charge is 0.374 e. The summed E-state index contributed by atoms with van der Waals surface area (Å²) >= 11 is 0. The van der Waals surface area contributed by atoms with Gasteiger partial charge in [-0.1, -0.05) is 6.07 Å². The molecule has 0 aliphatic carbocycles. The van der Waals surface area contributed by atoms with Crippen molar-refractivity contribution in [3.63, 3.8) is 0 Å². The summed E-state index contributed by atoms with van der Waals surface area (Å²) < 4.78 is 30.6. The van der Waals surface area contributed by atoms with Gasteiger partial charge in [0.05, 0.1) is 12.5 Å². The maximum atomic E-state index is 11.7. The lowest BCUT2D eigenvalue weighted by atomic mass is 10.3. The summed E-state index contributed by atoms with van der Waals surface area (Å²) in [4.78, 5) is 23.3. The molecule has 0 fully saturated rings. The summed E-state index contributed by atoms with van der Waals surface area (Å²) in [5, 5.41) is 19.9. The van der Waals surface area contributed by atoms with Crippen molar-refractivity contribution in [3.8, 4) is 11.5 Å². The maximum Gasteiger partial charge on any atom is 0.374 e. The number of rotatable bonds is 12. The van der Waals surface area contributed by atoms with E-state index in [1.807, 2.05) is 0 Å². The molecule has 0 spiro atoms. The largest absolute Gasteiger partial charge is 0.491 e. The van der Waals surface area contributed by atoms with Crippen molar-refractivity contribution in [1.82, 2.24) is 0 Å². The van der Waals surface area contributed by atoms with E-state index in [4.69, 9.17) is 27.8 Å². The van der Waals surface area contributed by atoms with Crippen molar-refractivity contribution in [3.05, 3.63) is 72.6 Å². The van der Waals surface area contributed by atoms with E-state index < -0.39 is 24.1 Å². The Morgan fingerprint density at radius 3 is 1.59 bits per heavy atom. The molecular formula is C22H22O10. The van der Waals surface area contributed by atoms with E-state index in [1.165, 1.54) is 24.7 Å². The number of benzene rings is 1. The van der Waals surface area contributed by atoms with E-state index in [2.05, 4.69) is 0 Å². The highest BCUT2D eigenvalue weighted by Gasteiger charge is 2.15. The first-order valence-corrected chi connectivity index (χ1v) is 9.64. The highest BCUT2D eigenvalue weighted by Crippen LogP contribution is 2.20. The number of carbonyl (C=O) groups excluding carboxylic acids is 2. The van der Waals surface area contributed by atoms with E-state index in [0.717, 1.165) is 0 Å². The van der Waals surface area contributed by atoms with Crippen molar-refractivity contribution in [2.45, 2.75) is 12.2 Å². The van der Waals surface area contributed by atoms with E-state index in [0.29, 0.717) is 11.5 Å². The zero-order chi connectivity index (χ0) is 22.8. The van der Waals surface area contributed by atoms with Gasteiger partial charge in [-0.15, -0.1) is 0 Å². The molecule has 0 radical (unpaired) electrons. The Balaban J connectivity index is 1.36. The molecule has 2 atom stereocenters. The molecule has 1 aromatic carbocycles. The number of furan rings is 2. The van der Waals surface area contributed by atoms with E-state index in [1.54, 1.807) is 36.4 Å². The van der Waals surface area contributed by atoms with Crippen LogP contribution in [-0.2, 0) is 9.47 Å². The Kier molecular flexibility index (Phi) is 8.29. The molecule has 2 aromatic heterocycles. The van der Waals surface area contributed by atoms with Crippen LogP contribution in [0, 0.1) is 0 Å². The molecule has 10 heteroatoms. The lowest BCUT2D eigenvalue weighted by molar-refractivity contribution is 0.0100. The standard InChI is InChI=1S/C22H22O10/c23-15(13-31-21(25)19-6-2-8-27-19)11-29-17-4-1-5-18(10-17)30-12-16(24)14-32-22(26)20-7-3-9-28-20/h1-10,15-16,23-24H,11-14H2. The molecule has 0 amide bonds. The number of aliphatic hydroxyl groups is 2. The molecule has 0 aliphatic heterocycles. The van der Waals surface area contributed by atoms with Gasteiger partial charge in [-0.2, -0.15) is 0 Å². The van der Waals surface area contributed by atoms with Crippen molar-refractivity contribution < 1.29 is 47.6 Å². The Bertz CT molecular complexity index is 889. The normalized spacial score (nSPS) is 12.6. The number of hydrogen-bond donors (Lipinski definition) is 2. The van der Waals surface area contributed by atoms with Gasteiger partial charge in [-0.05, 0) is 36.4 Å². The molecule has 0 aliphatic rings. The van der Waals surface area contributed by atoms with Crippen LogP contribution in [0.5, 0.6) is 11.5 Å². The molecule has 10 nitrogen and oxygen atoms in total. The first kappa shape index (κ1) is 22.9. The lowest BCUT2D eigenvalue weighted by Gasteiger charge is -2.14. The molecule has 3 rings (SSSR count). The summed E-state index contributed by atoms with van der Waals surface area (Å²) in [5.41, 5.74) is 0. The van der Waals surface area contributed by atoms with Gasteiger partial charge in [-0.3, -0.25) is 0 Å². The van der Waals surface area contributed by atoms with Crippen LogP contribution in [0.1, 0.15) is 21.1 Å². The summed E-state index contributed by atoms with van der Waals surface area (Å²) in [5.74, 6) is -0.479. The number of aliphatic hydroxyl groups excluding tert-OH is 2. The van der Waals surface area contributed by atoms with E-state index in [-0.39, 0.29) is 37.9 Å². The molecule has 0 saturated heterocycles. The summed E-state index contributed by atoms with van der Waals surface area (Å²) in [6.45, 7) is -0.780. The molecule has 170 valence electrons. The Morgan fingerprint density at radius 1 is 0.719 bits per heavy atom. The van der Waals surface area contributed by atoms with Crippen LogP contribution in [0.3, 0.4) is 0 Å². The summed E-state index contributed by atoms with van der Waals surface area (Å²) in [6, 6.07) is 12.5. The quantitative estimate of drug-likeness (QED) is 0.398. The molecule has 2 unspecified atom stereocenters. The third kappa shape index (κ3) is 7.18. The third-order valence-electron chi connectivity index (χ3n) is 3.95. The van der Waals surface area contributed by atoms with Crippen molar-refractivity contribution >= 4 is 11.9 Å². The third-order valence-corrected chi connectivity index (χ3v) is 3.95. The highest BCUT2D eigenvalue weighted by atomic mass is 16.6. The van der Waals surface area contributed by atoms with Crippen LogP contribution < -0.4 is 9.47 Å². The van der Waals surface area contributed by atoms with E-state index in [9.17, 15) is 19.8 Å². The summed E-state index contributed by atoms with van der Waals surface area (Å²) in [6.07, 6.45) is 0.586. The number of esters is 2. The SMILES string of the molecule is O=C(OCC(O)COc1cccc(OCC(O)COC(=O)c2ccco2)c1)c1ccco1. The van der Waals surface area contributed by atoms with Crippen molar-refractivity contribution in [2.24, 2.45) is 0 Å². The lowest BCUT2D eigenvalue weighted by Crippen LogP contribution is -2.25. The predicted octanol–water partition coefficient (Wildman–Crippen LogP) is 2.07. The summed E-state index contributed by atoms with van der Waals surface area (Å²) in [7, 11) is 0. The van der Waals surface area contributed by atoms with Gasteiger partial charge in [-0.25, -0.2) is 9.59 Å². The zero-order valence-electron chi connectivity index (χ0n) is 16.9. The van der Waals surface area contributed by atoms with Crippen LogP contribution in [0.4, 0.5) is 0 Å². The minimum atomic E-state index is -1.05. The Labute approximate surface area is 182 Å². The molecule has 0 bridgehead atoms. The fourth-order valence-corrected chi connectivity index (χ4v) is 2.41. The molecule has 2 N–H and O–H groups in total. The molecule has 32 heavy (non-hydrogen) atoms. The van der Waals surface area contributed by atoms with Gasteiger partial charge in [0.25, 0.3) is 0 Å². The highest BCUT2D eigenvalue weighted by molar-refractivity contribution is 5.86. The fraction of sp³-hybridized carbons (Fsp3) is 0.273. The first-order chi connectivity index (χ1) is 15.5. The van der Waals surface area contributed by atoms with Gasteiger partial charge in [0, 0.05) is 6.07 Å². The van der Waals surface area contributed by atoms with Crippen LogP contribution >= 0.6 is 0 Å². The topological polar surface area (TPSA) is 138 Å². The van der Waals surface area contributed by atoms with Gasteiger partial charge in [0.2, 0.25) is 11.5 Å². The number of carbonyl (C=O) groups is 2. The van der Waals surface area contributed by atoms with Crippen molar-refractivity contribution in [2.75, 3.05) is 26.4 Å². The average molecular weight is 446 g/mol. The first-order valence-electron chi connectivity index (χ1n) is 9.64. The van der Waals surface area contributed by atoms with Crippen LogP contribution in [0.25, 0.3) is 0 Å². The second-order valence-corrected chi connectivity index (χ2v) is 6.56. The van der Waals surface area contributed by atoms with Crippen LogP contribution in [0.2, 0.25) is 0 Å². The zero-order valence-corrected chi connectivity index (χ0v) is 16.9. The molecule has 0 saturated carbocycles. The molecular weight excluding hydrogens is 424 g/mol. The minimum absolute atomic E-state index is 0.0425. The van der Waals surface area contributed by atoms with Gasteiger partial charge in [0.1, 0.15) is 50.1 Å². The van der Waals surface area contributed by atoms with E-state index >= 15 is 0 Å².